The minimum Gasteiger partial charge on any atom is -0.396 e. The van der Waals surface area contributed by atoms with E-state index in [9.17, 15) is 12.8 Å². The molecule has 0 radical (unpaired) electrons. The van der Waals surface area contributed by atoms with E-state index in [4.69, 9.17) is 5.11 Å². The third-order valence-corrected chi connectivity index (χ3v) is 6.11. The molecule has 0 heterocycles. The van der Waals surface area contributed by atoms with Gasteiger partial charge < -0.3 is 5.11 Å². The van der Waals surface area contributed by atoms with E-state index >= 15 is 0 Å². The molecule has 0 amide bonds. The van der Waals surface area contributed by atoms with Gasteiger partial charge in [-0.1, -0.05) is 6.42 Å². The zero-order valence-electron chi connectivity index (χ0n) is 10.9. The van der Waals surface area contributed by atoms with Crippen LogP contribution in [0.1, 0.15) is 25.7 Å². The maximum absolute atomic E-state index is 13.6. The maximum Gasteiger partial charge on any atom is 0.243 e. The van der Waals surface area contributed by atoms with Crippen molar-refractivity contribution in [2.45, 2.75) is 36.6 Å². The van der Waals surface area contributed by atoms with Crippen LogP contribution in [0.4, 0.5) is 4.39 Å². The first-order valence-electron chi connectivity index (χ1n) is 6.54. The average molecular weight is 366 g/mol. The molecule has 1 fully saturated rings. The first kappa shape index (κ1) is 15.9. The summed E-state index contributed by atoms with van der Waals surface area (Å²) in [7, 11) is -3.71. The van der Waals surface area contributed by atoms with Gasteiger partial charge in [0.15, 0.2) is 0 Å². The number of hydrogen-bond acceptors (Lipinski definition) is 3. The monoisotopic (exact) mass is 365 g/mol. The van der Waals surface area contributed by atoms with Crippen molar-refractivity contribution in [3.63, 3.8) is 0 Å². The van der Waals surface area contributed by atoms with Crippen LogP contribution in [0.2, 0.25) is 0 Å². The Morgan fingerprint density at radius 3 is 2.60 bits per heavy atom. The summed E-state index contributed by atoms with van der Waals surface area (Å²) in [6.07, 6.45) is 3.03. The molecule has 0 unspecified atom stereocenters. The molecule has 1 saturated carbocycles. The summed E-state index contributed by atoms with van der Waals surface area (Å²) in [6, 6.07) is 3.79. The quantitative estimate of drug-likeness (QED) is 0.842. The zero-order chi connectivity index (χ0) is 14.8. The van der Waals surface area contributed by atoms with Gasteiger partial charge in [-0.3, -0.25) is 0 Å². The van der Waals surface area contributed by atoms with Crippen LogP contribution < -0.4 is 0 Å². The second kappa shape index (κ2) is 6.51. The molecular formula is C13H17BrFNO3S. The fraction of sp³-hybridized carbons (Fsp3) is 0.538. The van der Waals surface area contributed by atoms with Crippen molar-refractivity contribution < 1.29 is 17.9 Å². The molecule has 0 atom stereocenters. The predicted octanol–water partition coefficient (Wildman–Crippen LogP) is 2.51. The Morgan fingerprint density at radius 1 is 1.40 bits per heavy atom. The molecule has 0 aromatic heterocycles. The van der Waals surface area contributed by atoms with Crippen LogP contribution in [-0.4, -0.2) is 37.0 Å². The summed E-state index contributed by atoms with van der Waals surface area (Å²) < 4.78 is 40.4. The van der Waals surface area contributed by atoms with E-state index in [0.29, 0.717) is 6.42 Å². The van der Waals surface area contributed by atoms with Crippen LogP contribution in [0.25, 0.3) is 0 Å². The SMILES string of the molecule is O=S(=O)(c1ccc(Br)c(F)c1)N(CCCO)C1CCC1. The summed E-state index contributed by atoms with van der Waals surface area (Å²) in [5, 5.41) is 8.92. The van der Waals surface area contributed by atoms with Crippen LogP contribution in [0.3, 0.4) is 0 Å². The van der Waals surface area contributed by atoms with Crippen molar-refractivity contribution in [1.29, 1.82) is 0 Å². The van der Waals surface area contributed by atoms with Crippen molar-refractivity contribution in [2.75, 3.05) is 13.2 Å². The lowest BCUT2D eigenvalue weighted by Crippen LogP contribution is -2.44. The number of aliphatic hydroxyl groups is 1. The minimum absolute atomic E-state index is 0.0294. The summed E-state index contributed by atoms with van der Waals surface area (Å²) >= 11 is 3.01. The fourth-order valence-electron chi connectivity index (χ4n) is 2.17. The van der Waals surface area contributed by atoms with Crippen molar-refractivity contribution >= 4 is 26.0 Å². The lowest BCUT2D eigenvalue weighted by atomic mass is 9.93. The normalized spacial score (nSPS) is 16.4. The van der Waals surface area contributed by atoms with Crippen molar-refractivity contribution in [2.24, 2.45) is 0 Å². The number of hydrogen-bond donors (Lipinski definition) is 1. The average Bonchev–Trinajstić information content (AvgIpc) is 2.35. The molecule has 1 N–H and O–H groups in total. The van der Waals surface area contributed by atoms with Gasteiger partial charge in [0.2, 0.25) is 10.0 Å². The van der Waals surface area contributed by atoms with Crippen LogP contribution in [0, 0.1) is 5.82 Å². The molecule has 4 nitrogen and oxygen atoms in total. The number of rotatable bonds is 6. The topological polar surface area (TPSA) is 57.6 Å². The largest absolute Gasteiger partial charge is 0.396 e. The molecule has 1 aliphatic carbocycles. The third kappa shape index (κ3) is 3.21. The van der Waals surface area contributed by atoms with E-state index in [1.807, 2.05) is 0 Å². The number of halogens is 2. The predicted molar refractivity (Wildman–Crippen MR) is 77.3 cm³/mol. The Labute approximate surface area is 126 Å². The molecule has 0 bridgehead atoms. The maximum atomic E-state index is 13.6. The van der Waals surface area contributed by atoms with Crippen molar-refractivity contribution in [3.05, 3.63) is 28.5 Å². The molecule has 1 aliphatic rings. The zero-order valence-corrected chi connectivity index (χ0v) is 13.3. The van der Waals surface area contributed by atoms with E-state index in [1.54, 1.807) is 0 Å². The minimum atomic E-state index is -3.71. The number of benzene rings is 1. The van der Waals surface area contributed by atoms with Crippen molar-refractivity contribution in [1.82, 2.24) is 4.31 Å². The van der Waals surface area contributed by atoms with Crippen LogP contribution >= 0.6 is 15.9 Å². The highest BCUT2D eigenvalue weighted by Crippen LogP contribution is 2.31. The first-order chi connectivity index (χ1) is 9.46. The molecule has 0 saturated heterocycles. The smallest absolute Gasteiger partial charge is 0.243 e. The summed E-state index contributed by atoms with van der Waals surface area (Å²) in [6.45, 7) is 0.203. The molecule has 0 spiro atoms. The fourth-order valence-corrected chi connectivity index (χ4v) is 4.16. The van der Waals surface area contributed by atoms with Gasteiger partial charge in [-0.2, -0.15) is 4.31 Å². The Morgan fingerprint density at radius 2 is 2.10 bits per heavy atom. The van der Waals surface area contributed by atoms with Gasteiger partial charge in [0, 0.05) is 19.2 Å². The lowest BCUT2D eigenvalue weighted by Gasteiger charge is -2.36. The Bertz CT molecular complexity index is 575. The van der Waals surface area contributed by atoms with Crippen LogP contribution in [0.15, 0.2) is 27.6 Å². The Kier molecular flexibility index (Phi) is 5.17. The van der Waals surface area contributed by atoms with Gasteiger partial charge >= 0.3 is 0 Å². The van der Waals surface area contributed by atoms with Gasteiger partial charge in [0.05, 0.1) is 9.37 Å². The molecule has 0 aliphatic heterocycles. The van der Waals surface area contributed by atoms with Gasteiger partial charge in [-0.15, -0.1) is 0 Å². The van der Waals surface area contributed by atoms with Crippen LogP contribution in [0.5, 0.6) is 0 Å². The second-order valence-corrected chi connectivity index (χ2v) is 7.60. The molecular weight excluding hydrogens is 349 g/mol. The van der Waals surface area contributed by atoms with E-state index in [-0.39, 0.29) is 28.6 Å². The molecule has 1 aromatic rings. The van der Waals surface area contributed by atoms with E-state index in [1.165, 1.54) is 16.4 Å². The Balaban J connectivity index is 2.30. The summed E-state index contributed by atoms with van der Waals surface area (Å²) in [4.78, 5) is -0.0389. The molecule has 2 rings (SSSR count). The number of aliphatic hydroxyl groups excluding tert-OH is 1. The first-order valence-corrected chi connectivity index (χ1v) is 8.78. The molecule has 7 heteroatoms. The van der Waals surface area contributed by atoms with Gasteiger partial charge in [0.1, 0.15) is 5.82 Å². The van der Waals surface area contributed by atoms with E-state index in [0.717, 1.165) is 25.3 Å². The molecule has 112 valence electrons. The highest BCUT2D eigenvalue weighted by atomic mass is 79.9. The highest BCUT2D eigenvalue weighted by Gasteiger charge is 2.34. The lowest BCUT2D eigenvalue weighted by molar-refractivity contribution is 0.198. The van der Waals surface area contributed by atoms with Gasteiger partial charge in [-0.25, -0.2) is 12.8 Å². The van der Waals surface area contributed by atoms with E-state index in [2.05, 4.69) is 15.9 Å². The van der Waals surface area contributed by atoms with Gasteiger partial charge in [-0.05, 0) is 53.4 Å². The van der Waals surface area contributed by atoms with E-state index < -0.39 is 15.8 Å². The number of sulfonamides is 1. The molecule has 1 aromatic carbocycles. The number of nitrogens with zero attached hydrogens (tertiary/aromatic N) is 1. The third-order valence-electron chi connectivity index (χ3n) is 3.52. The van der Waals surface area contributed by atoms with Crippen molar-refractivity contribution in [3.8, 4) is 0 Å². The molecule has 20 heavy (non-hydrogen) atoms. The summed E-state index contributed by atoms with van der Waals surface area (Å²) in [5.74, 6) is -0.596. The Hall–Kier alpha value is -0.500. The highest BCUT2D eigenvalue weighted by molar-refractivity contribution is 9.10. The van der Waals surface area contributed by atoms with Crippen LogP contribution in [-0.2, 0) is 10.0 Å². The second-order valence-electron chi connectivity index (χ2n) is 4.85. The van der Waals surface area contributed by atoms with Gasteiger partial charge in [0.25, 0.3) is 0 Å². The standard InChI is InChI=1S/C13H17BrFNO3S/c14-12-6-5-11(9-13(12)15)20(18,19)16(7-2-8-17)10-3-1-4-10/h5-6,9-10,17H,1-4,7-8H2. The summed E-state index contributed by atoms with van der Waals surface area (Å²) in [5.41, 5.74) is 0.